The zero-order valence-electron chi connectivity index (χ0n) is 11.0. The van der Waals surface area contributed by atoms with Gasteiger partial charge in [-0.15, -0.1) is 10.2 Å². The van der Waals surface area contributed by atoms with Crippen LogP contribution < -0.4 is 5.32 Å². The van der Waals surface area contributed by atoms with Gasteiger partial charge in [-0.05, 0) is 24.6 Å². The summed E-state index contributed by atoms with van der Waals surface area (Å²) in [5.41, 5.74) is 0.198. The van der Waals surface area contributed by atoms with E-state index in [-0.39, 0.29) is 5.69 Å². The molecular weight excluding hydrogens is 323 g/mol. The fourth-order valence-electron chi connectivity index (χ4n) is 1.46. The highest BCUT2D eigenvalue weighted by Gasteiger charge is 2.21. The van der Waals surface area contributed by atoms with Crippen LogP contribution in [0.2, 0.25) is 5.15 Å². The Labute approximate surface area is 124 Å². The van der Waals surface area contributed by atoms with Gasteiger partial charge in [0.1, 0.15) is 5.82 Å². The number of halogens is 2. The van der Waals surface area contributed by atoms with E-state index in [0.29, 0.717) is 9.77 Å². The van der Waals surface area contributed by atoms with Gasteiger partial charge in [-0.3, -0.25) is 4.79 Å². The first-order valence-corrected chi connectivity index (χ1v) is 7.82. The van der Waals surface area contributed by atoms with E-state index in [2.05, 4.69) is 15.5 Å². The maximum absolute atomic E-state index is 13.6. The van der Waals surface area contributed by atoms with Crippen LogP contribution in [0.4, 0.5) is 10.1 Å². The van der Waals surface area contributed by atoms with Crippen LogP contribution in [0, 0.1) is 12.7 Å². The normalized spacial score (nSPS) is 11.4. The zero-order chi connectivity index (χ0) is 15.8. The second-order valence-corrected chi connectivity index (χ2v) is 6.41. The van der Waals surface area contributed by atoms with Gasteiger partial charge in [0.25, 0.3) is 15.9 Å². The van der Waals surface area contributed by atoms with Crippen molar-refractivity contribution in [1.29, 1.82) is 0 Å². The summed E-state index contributed by atoms with van der Waals surface area (Å²) < 4.78 is 36.5. The van der Waals surface area contributed by atoms with Crippen molar-refractivity contribution in [3.05, 3.63) is 40.4 Å². The highest BCUT2D eigenvalue weighted by Crippen LogP contribution is 2.18. The predicted molar refractivity (Wildman–Crippen MR) is 74.4 cm³/mol. The number of nitrogens with one attached hydrogen (secondary N) is 1. The van der Waals surface area contributed by atoms with Crippen molar-refractivity contribution in [1.82, 2.24) is 14.4 Å². The molecule has 10 heteroatoms. The van der Waals surface area contributed by atoms with E-state index >= 15 is 0 Å². The maximum Gasteiger partial charge on any atom is 0.279 e. The molecule has 2 rings (SSSR count). The van der Waals surface area contributed by atoms with Crippen molar-refractivity contribution in [2.75, 3.05) is 11.6 Å². The topological polar surface area (TPSA) is 94.0 Å². The van der Waals surface area contributed by atoms with E-state index in [9.17, 15) is 17.6 Å². The van der Waals surface area contributed by atoms with Gasteiger partial charge in [-0.25, -0.2) is 12.8 Å². The molecule has 0 aliphatic rings. The number of rotatable bonds is 3. The molecule has 1 N–H and O–H groups in total. The minimum Gasteiger partial charge on any atom is -0.318 e. The largest absolute Gasteiger partial charge is 0.318 e. The summed E-state index contributed by atoms with van der Waals surface area (Å²) >= 11 is 5.66. The number of anilines is 1. The molecule has 0 unspecified atom stereocenters. The number of carbonyl (C=O) groups excluding carboxylic acids is 1. The Balaban J connectivity index is 2.31. The summed E-state index contributed by atoms with van der Waals surface area (Å²) in [6, 6.07) is 4.22. The van der Waals surface area contributed by atoms with E-state index in [0.717, 1.165) is 6.26 Å². The second kappa shape index (κ2) is 5.41. The van der Waals surface area contributed by atoms with Crippen molar-refractivity contribution in [2.24, 2.45) is 0 Å². The highest BCUT2D eigenvalue weighted by atomic mass is 35.5. The first kappa shape index (κ1) is 15.4. The van der Waals surface area contributed by atoms with E-state index in [4.69, 9.17) is 11.6 Å². The number of hydrogen-bond donors (Lipinski definition) is 1. The SMILES string of the molecule is Cc1ccc(NC(=O)c2nn(S(C)(=O)=O)nc2Cl)c(F)c1. The fraction of sp³-hybridized carbons (Fsp3) is 0.182. The number of benzene rings is 1. The molecule has 0 radical (unpaired) electrons. The van der Waals surface area contributed by atoms with Crippen molar-refractivity contribution in [3.63, 3.8) is 0 Å². The summed E-state index contributed by atoms with van der Waals surface area (Å²) in [5, 5.41) is 8.74. The average molecular weight is 333 g/mol. The summed E-state index contributed by atoms with van der Waals surface area (Å²) in [5.74, 6) is -1.49. The molecule has 1 heterocycles. The first-order valence-electron chi connectivity index (χ1n) is 5.59. The third kappa shape index (κ3) is 3.37. The molecule has 2 aromatic rings. The molecule has 0 fully saturated rings. The van der Waals surface area contributed by atoms with Gasteiger partial charge in [0.05, 0.1) is 11.9 Å². The van der Waals surface area contributed by atoms with E-state index in [1.54, 1.807) is 13.0 Å². The predicted octanol–water partition coefficient (Wildman–Crippen LogP) is 1.44. The van der Waals surface area contributed by atoms with Gasteiger partial charge < -0.3 is 5.32 Å². The molecule has 7 nitrogen and oxygen atoms in total. The molecule has 0 spiro atoms. The smallest absolute Gasteiger partial charge is 0.279 e. The van der Waals surface area contributed by atoms with Crippen LogP contribution in [0.25, 0.3) is 0 Å². The summed E-state index contributed by atoms with van der Waals surface area (Å²) in [4.78, 5) is 11.9. The molecule has 112 valence electrons. The van der Waals surface area contributed by atoms with Gasteiger partial charge >= 0.3 is 0 Å². The van der Waals surface area contributed by atoms with Crippen LogP contribution in [0.1, 0.15) is 16.1 Å². The average Bonchev–Trinajstić information content (AvgIpc) is 2.75. The fourth-order valence-corrected chi connectivity index (χ4v) is 2.16. The molecule has 1 aromatic heterocycles. The number of amides is 1. The van der Waals surface area contributed by atoms with Gasteiger partial charge in [-0.1, -0.05) is 21.9 Å². The number of nitrogens with zero attached hydrogens (tertiary/aromatic N) is 3. The van der Waals surface area contributed by atoms with Crippen molar-refractivity contribution < 1.29 is 17.6 Å². The van der Waals surface area contributed by atoms with Crippen LogP contribution in [0.3, 0.4) is 0 Å². The monoisotopic (exact) mass is 332 g/mol. The zero-order valence-corrected chi connectivity index (χ0v) is 12.5. The Hall–Kier alpha value is -2.00. The number of aryl methyl sites for hydroxylation is 1. The summed E-state index contributed by atoms with van der Waals surface area (Å²) in [6.45, 7) is 1.70. The van der Waals surface area contributed by atoms with Gasteiger partial charge in [0.2, 0.25) is 0 Å². The number of aromatic nitrogens is 3. The van der Waals surface area contributed by atoms with Crippen molar-refractivity contribution >= 4 is 33.2 Å². The molecule has 21 heavy (non-hydrogen) atoms. The van der Waals surface area contributed by atoms with Crippen LogP contribution in [-0.4, -0.2) is 35.0 Å². The molecule has 0 bridgehead atoms. The lowest BCUT2D eigenvalue weighted by atomic mass is 10.2. The molecule has 0 aliphatic heterocycles. The quantitative estimate of drug-likeness (QED) is 0.917. The first-order chi connectivity index (χ1) is 9.68. The summed E-state index contributed by atoms with van der Waals surface area (Å²) in [7, 11) is -3.77. The molecule has 1 amide bonds. The molecular formula is C11H10ClFN4O3S. The summed E-state index contributed by atoms with van der Waals surface area (Å²) in [6.07, 6.45) is 0.852. The van der Waals surface area contributed by atoms with E-state index in [1.165, 1.54) is 12.1 Å². The Morgan fingerprint density at radius 2 is 2.05 bits per heavy atom. The van der Waals surface area contributed by atoms with Crippen LogP contribution in [-0.2, 0) is 10.0 Å². The minimum atomic E-state index is -3.77. The Morgan fingerprint density at radius 3 is 2.57 bits per heavy atom. The lowest BCUT2D eigenvalue weighted by molar-refractivity contribution is 0.102. The number of hydrogen-bond acceptors (Lipinski definition) is 5. The second-order valence-electron chi connectivity index (χ2n) is 4.26. The van der Waals surface area contributed by atoms with E-state index < -0.39 is 32.6 Å². The molecule has 0 saturated heterocycles. The Kier molecular flexibility index (Phi) is 3.97. The van der Waals surface area contributed by atoms with Crippen LogP contribution >= 0.6 is 11.6 Å². The Morgan fingerprint density at radius 1 is 1.38 bits per heavy atom. The third-order valence-electron chi connectivity index (χ3n) is 2.44. The minimum absolute atomic E-state index is 0.0735. The van der Waals surface area contributed by atoms with Crippen molar-refractivity contribution in [3.8, 4) is 0 Å². The van der Waals surface area contributed by atoms with Crippen LogP contribution in [0.15, 0.2) is 18.2 Å². The van der Waals surface area contributed by atoms with Crippen LogP contribution in [0.5, 0.6) is 0 Å². The van der Waals surface area contributed by atoms with Gasteiger partial charge in [-0.2, -0.15) is 0 Å². The Bertz CT molecular complexity index is 819. The lowest BCUT2D eigenvalue weighted by Crippen LogP contribution is -2.17. The van der Waals surface area contributed by atoms with E-state index in [1.807, 2.05) is 0 Å². The molecule has 0 atom stereocenters. The molecule has 0 saturated carbocycles. The highest BCUT2D eigenvalue weighted by molar-refractivity contribution is 7.88. The number of carbonyl (C=O) groups is 1. The van der Waals surface area contributed by atoms with Gasteiger partial charge in [0.15, 0.2) is 10.8 Å². The molecule has 0 aliphatic carbocycles. The lowest BCUT2D eigenvalue weighted by Gasteiger charge is -2.05. The standard InChI is InChI=1S/C11H10ClFN4O3S/c1-6-3-4-8(7(13)5-6)14-11(18)9-10(12)16-17(15-9)21(2,19)20/h3-5H,1-2H3,(H,14,18). The molecule has 1 aromatic carbocycles. The van der Waals surface area contributed by atoms with Crippen molar-refractivity contribution in [2.45, 2.75) is 6.92 Å². The van der Waals surface area contributed by atoms with Gasteiger partial charge in [0, 0.05) is 0 Å². The maximum atomic E-state index is 13.6. The third-order valence-corrected chi connectivity index (χ3v) is 3.45.